The fraction of sp³-hybridized carbons (Fsp3) is 0.0952. The maximum Gasteiger partial charge on any atom is 0.277 e. The quantitative estimate of drug-likeness (QED) is 0.453. The molecule has 0 aliphatic heterocycles. The highest BCUT2D eigenvalue weighted by atomic mass is 16.6. The first-order valence-corrected chi connectivity index (χ1v) is 8.97. The number of rotatable bonds is 7. The molecule has 152 valence electrons. The van der Waals surface area contributed by atoms with E-state index in [9.17, 15) is 25.0 Å². The first-order valence-electron chi connectivity index (χ1n) is 8.97. The molecule has 0 spiro atoms. The van der Waals surface area contributed by atoms with Gasteiger partial charge in [-0.05, 0) is 11.1 Å². The third-order valence-corrected chi connectivity index (χ3v) is 4.58. The minimum Gasteiger partial charge on any atom is -0.343 e. The Morgan fingerprint density at radius 3 is 1.73 bits per heavy atom. The zero-order valence-corrected chi connectivity index (χ0v) is 15.7. The summed E-state index contributed by atoms with van der Waals surface area (Å²) in [6.07, 6.45) is 0. The monoisotopic (exact) mass is 406 g/mol. The average molecular weight is 406 g/mol. The van der Waals surface area contributed by atoms with Crippen LogP contribution in [-0.2, 0) is 0 Å². The van der Waals surface area contributed by atoms with E-state index in [0.29, 0.717) is 0 Å². The van der Waals surface area contributed by atoms with Crippen LogP contribution in [0.5, 0.6) is 0 Å². The Hall–Kier alpha value is -4.11. The molecule has 0 saturated heterocycles. The van der Waals surface area contributed by atoms with Crippen molar-refractivity contribution in [1.82, 2.24) is 5.32 Å². The van der Waals surface area contributed by atoms with Crippen molar-refractivity contribution in [3.05, 3.63) is 116 Å². The van der Waals surface area contributed by atoms with E-state index < -0.39 is 39.2 Å². The molecule has 0 aliphatic rings. The molecule has 0 saturated carbocycles. The summed E-state index contributed by atoms with van der Waals surface area (Å²) in [7, 11) is 0. The van der Waals surface area contributed by atoms with Gasteiger partial charge in [-0.25, -0.2) is 0 Å². The highest BCUT2D eigenvalue weighted by Crippen LogP contribution is 2.28. The average Bonchev–Trinajstić information content (AvgIpc) is 2.77. The van der Waals surface area contributed by atoms with Crippen LogP contribution in [0.2, 0.25) is 0 Å². The van der Waals surface area contributed by atoms with Crippen LogP contribution in [0.3, 0.4) is 0 Å². The van der Waals surface area contributed by atoms with Crippen molar-refractivity contribution in [3.8, 4) is 0 Å². The van der Waals surface area contributed by atoms with Crippen LogP contribution in [0, 0.1) is 20.2 Å². The summed E-state index contributed by atoms with van der Waals surface area (Å²) in [5.74, 6) is -0.706. The number of carbonyl (C=O) groups excluding carboxylic acids is 1. The molecule has 0 heterocycles. The highest BCUT2D eigenvalue weighted by molar-refractivity contribution is 5.96. The van der Waals surface area contributed by atoms with Crippen molar-refractivity contribution in [2.45, 2.75) is 12.1 Å². The number of benzene rings is 3. The van der Waals surface area contributed by atoms with Gasteiger partial charge in [-0.1, -0.05) is 60.7 Å². The topological polar surface area (TPSA) is 141 Å². The van der Waals surface area contributed by atoms with E-state index in [1.165, 1.54) is 0 Å². The molecule has 3 N–H and O–H groups in total. The molecule has 3 aromatic carbocycles. The summed E-state index contributed by atoms with van der Waals surface area (Å²) in [6, 6.07) is 19.7. The van der Waals surface area contributed by atoms with E-state index in [1.54, 1.807) is 24.3 Å². The second-order valence-corrected chi connectivity index (χ2v) is 6.55. The third kappa shape index (κ3) is 4.65. The summed E-state index contributed by atoms with van der Waals surface area (Å²) in [4.78, 5) is 33.6. The molecular weight excluding hydrogens is 388 g/mol. The fourth-order valence-electron chi connectivity index (χ4n) is 3.07. The molecule has 0 bridgehead atoms. The van der Waals surface area contributed by atoms with Crippen molar-refractivity contribution in [2.75, 3.05) is 0 Å². The predicted molar refractivity (Wildman–Crippen MR) is 110 cm³/mol. The molecule has 30 heavy (non-hydrogen) atoms. The lowest BCUT2D eigenvalue weighted by molar-refractivity contribution is -0.394. The standard InChI is InChI=1S/C21H18N4O5/c22-19(14-7-3-1-4-8-14)20(15-9-5-2-6-10-15)23-21(26)16-11-17(24(27)28)13-18(12-16)25(29)30/h1-13,19-20H,22H2,(H,23,26). The summed E-state index contributed by atoms with van der Waals surface area (Å²) in [5.41, 5.74) is 6.64. The molecule has 0 radical (unpaired) electrons. The molecule has 9 heteroatoms. The number of hydrogen-bond donors (Lipinski definition) is 2. The molecule has 2 unspecified atom stereocenters. The lowest BCUT2D eigenvalue weighted by atomic mass is 9.93. The second kappa shape index (κ2) is 8.93. The van der Waals surface area contributed by atoms with Crippen LogP contribution < -0.4 is 11.1 Å². The number of nitro groups is 2. The van der Waals surface area contributed by atoms with Crippen LogP contribution in [0.4, 0.5) is 11.4 Å². The number of nitrogens with zero attached hydrogens (tertiary/aromatic N) is 2. The largest absolute Gasteiger partial charge is 0.343 e. The summed E-state index contributed by atoms with van der Waals surface area (Å²) in [5, 5.41) is 25.0. The van der Waals surface area contributed by atoms with E-state index in [-0.39, 0.29) is 5.56 Å². The lowest BCUT2D eigenvalue weighted by Gasteiger charge is -2.26. The Morgan fingerprint density at radius 1 is 0.800 bits per heavy atom. The van der Waals surface area contributed by atoms with Crippen molar-refractivity contribution >= 4 is 17.3 Å². The van der Waals surface area contributed by atoms with E-state index in [2.05, 4.69) is 5.32 Å². The first-order chi connectivity index (χ1) is 14.4. The lowest BCUT2D eigenvalue weighted by Crippen LogP contribution is -2.36. The van der Waals surface area contributed by atoms with Gasteiger partial charge in [0.05, 0.1) is 33.6 Å². The molecule has 9 nitrogen and oxygen atoms in total. The maximum atomic E-state index is 12.9. The maximum absolute atomic E-state index is 12.9. The van der Waals surface area contributed by atoms with Gasteiger partial charge in [-0.15, -0.1) is 0 Å². The molecule has 0 aliphatic carbocycles. The van der Waals surface area contributed by atoms with Crippen molar-refractivity contribution in [2.24, 2.45) is 5.73 Å². The SMILES string of the molecule is NC(c1ccccc1)C(NC(=O)c1cc([N+](=O)[O-])cc([N+](=O)[O-])c1)c1ccccc1. The van der Waals surface area contributed by atoms with Crippen LogP contribution >= 0.6 is 0 Å². The van der Waals surface area contributed by atoms with Gasteiger partial charge in [0.15, 0.2) is 0 Å². The molecular formula is C21H18N4O5. The van der Waals surface area contributed by atoms with Crippen LogP contribution in [0.15, 0.2) is 78.9 Å². The molecule has 0 aromatic heterocycles. The number of nitrogens with one attached hydrogen (secondary N) is 1. The van der Waals surface area contributed by atoms with Gasteiger partial charge in [0.1, 0.15) is 0 Å². The van der Waals surface area contributed by atoms with E-state index >= 15 is 0 Å². The van der Waals surface area contributed by atoms with Gasteiger partial charge in [-0.3, -0.25) is 25.0 Å². The minimum atomic E-state index is -0.784. The Morgan fingerprint density at radius 2 is 1.27 bits per heavy atom. The highest BCUT2D eigenvalue weighted by Gasteiger charge is 2.26. The predicted octanol–water partition coefficient (Wildman–Crippen LogP) is 3.67. The molecule has 2 atom stereocenters. The number of nitro benzene ring substituents is 2. The number of non-ortho nitro benzene ring substituents is 2. The van der Waals surface area contributed by atoms with Gasteiger partial charge in [0.25, 0.3) is 17.3 Å². The minimum absolute atomic E-state index is 0.197. The summed E-state index contributed by atoms with van der Waals surface area (Å²) >= 11 is 0. The smallest absolute Gasteiger partial charge is 0.277 e. The van der Waals surface area contributed by atoms with Crippen molar-refractivity contribution in [3.63, 3.8) is 0 Å². The second-order valence-electron chi connectivity index (χ2n) is 6.55. The summed E-state index contributed by atoms with van der Waals surface area (Å²) in [6.45, 7) is 0. The number of amides is 1. The zero-order valence-electron chi connectivity index (χ0n) is 15.7. The van der Waals surface area contributed by atoms with Gasteiger partial charge >= 0.3 is 0 Å². The molecule has 3 rings (SSSR count). The Balaban J connectivity index is 1.98. The third-order valence-electron chi connectivity index (χ3n) is 4.58. The van der Waals surface area contributed by atoms with Crippen LogP contribution in [0.1, 0.15) is 33.6 Å². The van der Waals surface area contributed by atoms with Gasteiger partial charge in [0.2, 0.25) is 0 Å². The van der Waals surface area contributed by atoms with E-state index in [0.717, 1.165) is 29.3 Å². The van der Waals surface area contributed by atoms with Crippen LogP contribution in [0.25, 0.3) is 0 Å². The van der Waals surface area contributed by atoms with E-state index in [1.807, 2.05) is 36.4 Å². The van der Waals surface area contributed by atoms with Gasteiger partial charge < -0.3 is 11.1 Å². The van der Waals surface area contributed by atoms with Crippen LogP contribution in [-0.4, -0.2) is 15.8 Å². The molecule has 1 amide bonds. The normalized spacial score (nSPS) is 12.6. The zero-order chi connectivity index (χ0) is 21.7. The van der Waals surface area contributed by atoms with Gasteiger partial charge in [-0.2, -0.15) is 0 Å². The molecule has 3 aromatic rings. The van der Waals surface area contributed by atoms with Crippen molar-refractivity contribution < 1.29 is 14.6 Å². The fourth-order valence-corrected chi connectivity index (χ4v) is 3.07. The summed E-state index contributed by atoms with van der Waals surface area (Å²) < 4.78 is 0. The first kappa shape index (κ1) is 20.6. The Labute approximate surface area is 171 Å². The number of nitrogens with two attached hydrogens (primary N) is 1. The Kier molecular flexibility index (Phi) is 6.14. The Bertz CT molecular complexity index is 1040. The van der Waals surface area contributed by atoms with E-state index in [4.69, 9.17) is 5.73 Å². The number of carbonyl (C=O) groups is 1. The van der Waals surface area contributed by atoms with Crippen molar-refractivity contribution in [1.29, 1.82) is 0 Å². The van der Waals surface area contributed by atoms with Gasteiger partial charge in [0, 0.05) is 12.1 Å². The number of hydrogen-bond acceptors (Lipinski definition) is 6. The molecule has 0 fully saturated rings.